The van der Waals surface area contributed by atoms with Crippen molar-refractivity contribution in [2.75, 3.05) is 13.1 Å². The van der Waals surface area contributed by atoms with Crippen molar-refractivity contribution in [2.24, 2.45) is 5.92 Å². The van der Waals surface area contributed by atoms with E-state index in [4.69, 9.17) is 0 Å². The first-order valence-electron chi connectivity index (χ1n) is 7.70. The summed E-state index contributed by atoms with van der Waals surface area (Å²) in [5, 5.41) is 19.3. The molecule has 0 radical (unpaired) electrons. The molecule has 2 aromatic rings. The normalized spacial score (nSPS) is 17.2. The number of phenolic OH excluding ortho intramolecular Hbond substituents is 2. The molecule has 1 heterocycles. The summed E-state index contributed by atoms with van der Waals surface area (Å²) >= 11 is 0. The molecule has 4 nitrogen and oxygen atoms in total. The predicted octanol–water partition coefficient (Wildman–Crippen LogP) is 3.08. The van der Waals surface area contributed by atoms with E-state index in [1.807, 2.05) is 0 Å². The van der Waals surface area contributed by atoms with E-state index in [2.05, 4.69) is 0 Å². The Labute approximate surface area is 138 Å². The number of amides is 1. The molecule has 126 valence electrons. The van der Waals surface area contributed by atoms with Crippen LogP contribution in [0.4, 0.5) is 8.78 Å². The zero-order valence-corrected chi connectivity index (χ0v) is 12.9. The zero-order valence-electron chi connectivity index (χ0n) is 12.9. The Morgan fingerprint density at radius 2 is 1.96 bits per heavy atom. The SMILES string of the molecule is O=C(c1cccc(O)c1O)N1CC[C@H](Cc2ccc(F)c(F)c2)C1. The number of phenols is 2. The first kappa shape index (κ1) is 16.2. The van der Waals surface area contributed by atoms with Gasteiger partial charge >= 0.3 is 0 Å². The van der Waals surface area contributed by atoms with Gasteiger partial charge in [0, 0.05) is 13.1 Å². The second kappa shape index (κ2) is 6.47. The fourth-order valence-corrected chi connectivity index (χ4v) is 3.06. The van der Waals surface area contributed by atoms with Crippen molar-refractivity contribution in [3.05, 3.63) is 59.2 Å². The van der Waals surface area contributed by atoms with E-state index in [0.29, 0.717) is 25.1 Å². The number of benzene rings is 2. The third kappa shape index (κ3) is 3.18. The Kier molecular flexibility index (Phi) is 4.38. The largest absolute Gasteiger partial charge is 0.504 e. The molecule has 1 aliphatic rings. The molecule has 2 aromatic carbocycles. The van der Waals surface area contributed by atoms with Gasteiger partial charge < -0.3 is 15.1 Å². The number of rotatable bonds is 3. The lowest BCUT2D eigenvalue weighted by atomic mass is 9.98. The van der Waals surface area contributed by atoms with Crippen LogP contribution in [0.15, 0.2) is 36.4 Å². The van der Waals surface area contributed by atoms with E-state index >= 15 is 0 Å². The summed E-state index contributed by atoms with van der Waals surface area (Å²) in [6.07, 6.45) is 1.29. The van der Waals surface area contributed by atoms with Gasteiger partial charge in [0.1, 0.15) is 0 Å². The summed E-state index contributed by atoms with van der Waals surface area (Å²) in [4.78, 5) is 14.1. The van der Waals surface area contributed by atoms with E-state index < -0.39 is 17.4 Å². The monoisotopic (exact) mass is 333 g/mol. The van der Waals surface area contributed by atoms with E-state index in [1.165, 1.54) is 24.3 Å². The van der Waals surface area contributed by atoms with Crippen LogP contribution in [0.5, 0.6) is 11.5 Å². The molecule has 1 fully saturated rings. The van der Waals surface area contributed by atoms with Crippen molar-refractivity contribution in [2.45, 2.75) is 12.8 Å². The zero-order chi connectivity index (χ0) is 17.3. The van der Waals surface area contributed by atoms with Crippen LogP contribution in [-0.2, 0) is 6.42 Å². The van der Waals surface area contributed by atoms with Crippen LogP contribution < -0.4 is 0 Å². The number of aromatic hydroxyl groups is 2. The van der Waals surface area contributed by atoms with Crippen LogP contribution in [0.25, 0.3) is 0 Å². The second-order valence-corrected chi connectivity index (χ2v) is 6.03. The van der Waals surface area contributed by atoms with Crippen LogP contribution in [0, 0.1) is 17.6 Å². The lowest BCUT2D eigenvalue weighted by Crippen LogP contribution is -2.29. The summed E-state index contributed by atoms with van der Waals surface area (Å²) in [6.45, 7) is 0.981. The molecule has 1 aliphatic heterocycles. The van der Waals surface area contributed by atoms with Gasteiger partial charge in [-0.2, -0.15) is 0 Å². The second-order valence-electron chi connectivity index (χ2n) is 6.03. The molecule has 0 aromatic heterocycles. The molecule has 0 unspecified atom stereocenters. The first-order valence-corrected chi connectivity index (χ1v) is 7.70. The van der Waals surface area contributed by atoms with Crippen LogP contribution in [0.3, 0.4) is 0 Å². The predicted molar refractivity (Wildman–Crippen MR) is 83.8 cm³/mol. The highest BCUT2D eigenvalue weighted by Gasteiger charge is 2.29. The van der Waals surface area contributed by atoms with Gasteiger partial charge in [-0.05, 0) is 48.6 Å². The fourth-order valence-electron chi connectivity index (χ4n) is 3.06. The van der Waals surface area contributed by atoms with Gasteiger partial charge in [-0.3, -0.25) is 4.79 Å². The summed E-state index contributed by atoms with van der Waals surface area (Å²) in [5.41, 5.74) is 0.747. The topological polar surface area (TPSA) is 60.8 Å². The van der Waals surface area contributed by atoms with Gasteiger partial charge in [-0.25, -0.2) is 8.78 Å². The first-order chi connectivity index (χ1) is 11.5. The molecule has 0 aliphatic carbocycles. The molecule has 1 atom stereocenters. The van der Waals surface area contributed by atoms with Crippen LogP contribution in [-0.4, -0.2) is 34.1 Å². The van der Waals surface area contributed by atoms with E-state index in [1.54, 1.807) is 11.0 Å². The van der Waals surface area contributed by atoms with Gasteiger partial charge in [0.2, 0.25) is 0 Å². The highest BCUT2D eigenvalue weighted by Crippen LogP contribution is 2.31. The third-order valence-electron chi connectivity index (χ3n) is 4.33. The lowest BCUT2D eigenvalue weighted by molar-refractivity contribution is 0.0783. The maximum absolute atomic E-state index is 13.3. The number of hydrogen-bond donors (Lipinski definition) is 2. The summed E-state index contributed by atoms with van der Waals surface area (Å²) < 4.78 is 26.2. The molecule has 0 spiro atoms. The Morgan fingerprint density at radius 3 is 2.71 bits per heavy atom. The van der Waals surface area contributed by atoms with E-state index in [0.717, 1.165) is 12.5 Å². The van der Waals surface area contributed by atoms with Crippen LogP contribution >= 0.6 is 0 Å². The molecule has 1 amide bonds. The molecule has 6 heteroatoms. The fraction of sp³-hybridized carbons (Fsp3) is 0.278. The number of nitrogens with zero attached hydrogens (tertiary/aromatic N) is 1. The minimum Gasteiger partial charge on any atom is -0.504 e. The average molecular weight is 333 g/mol. The minimum absolute atomic E-state index is 0.0588. The number of para-hydroxylation sites is 1. The van der Waals surface area contributed by atoms with Crippen molar-refractivity contribution < 1.29 is 23.8 Å². The smallest absolute Gasteiger partial charge is 0.257 e. The van der Waals surface area contributed by atoms with Gasteiger partial charge in [0.05, 0.1) is 5.56 Å². The molecule has 1 saturated heterocycles. The standard InChI is InChI=1S/C18H17F2NO3/c19-14-5-4-11(9-15(14)20)8-12-6-7-21(10-12)18(24)13-2-1-3-16(22)17(13)23/h1-5,9,12,22-23H,6-8,10H2/t12-/m1/s1. The van der Waals surface area contributed by atoms with Crippen molar-refractivity contribution in [1.82, 2.24) is 4.90 Å². The number of carbonyl (C=O) groups is 1. The quantitative estimate of drug-likeness (QED) is 0.849. The van der Waals surface area contributed by atoms with Gasteiger partial charge in [-0.15, -0.1) is 0 Å². The van der Waals surface area contributed by atoms with Crippen molar-refractivity contribution >= 4 is 5.91 Å². The molecule has 0 bridgehead atoms. The number of hydrogen-bond acceptors (Lipinski definition) is 3. The average Bonchev–Trinajstić information content (AvgIpc) is 3.01. The third-order valence-corrected chi connectivity index (χ3v) is 4.33. The van der Waals surface area contributed by atoms with Crippen molar-refractivity contribution in [3.8, 4) is 11.5 Å². The summed E-state index contributed by atoms with van der Waals surface area (Å²) in [5.74, 6) is -2.72. The Morgan fingerprint density at radius 1 is 1.17 bits per heavy atom. The number of likely N-dealkylation sites (tertiary alicyclic amines) is 1. The van der Waals surface area contributed by atoms with Crippen LogP contribution in [0.1, 0.15) is 22.3 Å². The maximum Gasteiger partial charge on any atom is 0.257 e. The molecule has 0 saturated carbocycles. The summed E-state index contributed by atoms with van der Waals surface area (Å²) in [6, 6.07) is 8.09. The van der Waals surface area contributed by atoms with Gasteiger partial charge in [0.25, 0.3) is 5.91 Å². The summed E-state index contributed by atoms with van der Waals surface area (Å²) in [7, 11) is 0. The van der Waals surface area contributed by atoms with E-state index in [-0.39, 0.29) is 23.1 Å². The van der Waals surface area contributed by atoms with Crippen molar-refractivity contribution in [3.63, 3.8) is 0 Å². The maximum atomic E-state index is 13.3. The molecular formula is C18H17F2NO3. The van der Waals surface area contributed by atoms with Crippen LogP contribution in [0.2, 0.25) is 0 Å². The van der Waals surface area contributed by atoms with E-state index in [9.17, 15) is 23.8 Å². The Bertz CT molecular complexity index is 779. The molecule has 2 N–H and O–H groups in total. The number of carbonyl (C=O) groups excluding carboxylic acids is 1. The highest BCUT2D eigenvalue weighted by atomic mass is 19.2. The highest BCUT2D eigenvalue weighted by molar-refractivity contribution is 5.97. The molecular weight excluding hydrogens is 316 g/mol. The minimum atomic E-state index is -0.874. The Hall–Kier alpha value is -2.63. The molecule has 3 rings (SSSR count). The van der Waals surface area contributed by atoms with Gasteiger partial charge in [0.15, 0.2) is 23.1 Å². The van der Waals surface area contributed by atoms with Gasteiger partial charge in [-0.1, -0.05) is 12.1 Å². The number of halogens is 2. The Balaban J connectivity index is 1.67. The lowest BCUT2D eigenvalue weighted by Gasteiger charge is -2.17. The molecule has 24 heavy (non-hydrogen) atoms. The van der Waals surface area contributed by atoms with Crippen molar-refractivity contribution in [1.29, 1.82) is 0 Å².